The van der Waals surface area contributed by atoms with E-state index in [4.69, 9.17) is 9.26 Å². The maximum absolute atomic E-state index is 12.9. The Kier molecular flexibility index (Phi) is 5.24. The molecule has 2 aromatic carbocycles. The van der Waals surface area contributed by atoms with Gasteiger partial charge in [0.15, 0.2) is 6.10 Å². The van der Waals surface area contributed by atoms with E-state index in [9.17, 15) is 9.59 Å². The van der Waals surface area contributed by atoms with Crippen LogP contribution in [0.15, 0.2) is 59.1 Å². The molecule has 1 aliphatic rings. The number of anilines is 1. The second-order valence-electron chi connectivity index (χ2n) is 6.57. The quantitative estimate of drug-likeness (QED) is 0.715. The number of nitrogens with one attached hydrogen (secondary N) is 1. The van der Waals surface area contributed by atoms with Crippen LogP contribution in [0, 0.1) is 0 Å². The van der Waals surface area contributed by atoms with Gasteiger partial charge in [0, 0.05) is 25.5 Å². The number of likely N-dealkylation sites (N-methyl/N-ethyl adjacent to an activating group) is 1. The summed E-state index contributed by atoms with van der Waals surface area (Å²) in [5.74, 6) is 0.965. The third-order valence-electron chi connectivity index (χ3n) is 4.67. The highest BCUT2D eigenvalue weighted by molar-refractivity contribution is 5.97. The molecular weight excluding hydrogens is 372 g/mol. The molecule has 4 rings (SSSR count). The van der Waals surface area contributed by atoms with Gasteiger partial charge in [0.1, 0.15) is 5.75 Å². The Hall–Kier alpha value is -3.68. The third kappa shape index (κ3) is 3.96. The number of aromatic nitrogens is 2. The lowest BCUT2D eigenvalue weighted by Gasteiger charge is -2.34. The van der Waals surface area contributed by atoms with E-state index in [1.54, 1.807) is 23.1 Å². The van der Waals surface area contributed by atoms with Gasteiger partial charge in [0.25, 0.3) is 5.91 Å². The fourth-order valence-electron chi connectivity index (χ4n) is 3.18. The van der Waals surface area contributed by atoms with Gasteiger partial charge in [-0.05, 0) is 12.1 Å². The van der Waals surface area contributed by atoms with Crippen molar-refractivity contribution in [1.82, 2.24) is 15.5 Å². The molecule has 0 unspecified atom stereocenters. The summed E-state index contributed by atoms with van der Waals surface area (Å²) in [7, 11) is 1.54. The van der Waals surface area contributed by atoms with E-state index < -0.39 is 6.10 Å². The molecule has 3 aromatic rings. The Morgan fingerprint density at radius 3 is 2.69 bits per heavy atom. The van der Waals surface area contributed by atoms with Crippen molar-refractivity contribution in [3.8, 4) is 17.1 Å². The summed E-state index contributed by atoms with van der Waals surface area (Å²) in [4.78, 5) is 30.9. The van der Waals surface area contributed by atoms with E-state index in [1.807, 2.05) is 36.4 Å². The molecule has 1 aromatic heterocycles. The summed E-state index contributed by atoms with van der Waals surface area (Å²) in [5, 5.41) is 6.54. The zero-order valence-corrected chi connectivity index (χ0v) is 15.9. The first kappa shape index (κ1) is 18.7. The van der Waals surface area contributed by atoms with E-state index in [0.717, 1.165) is 5.56 Å². The molecular formula is C21H20N4O4. The van der Waals surface area contributed by atoms with Crippen LogP contribution in [-0.2, 0) is 16.0 Å². The number of para-hydroxylation sites is 2. The SMILES string of the molecule is CNC(=O)[C@H]1CN(C(=O)CCc2nc(-c3ccccc3)no2)c2ccccc2O1. The van der Waals surface area contributed by atoms with Gasteiger partial charge in [0.2, 0.25) is 17.6 Å². The topological polar surface area (TPSA) is 97.6 Å². The lowest BCUT2D eigenvalue weighted by molar-refractivity contribution is -0.127. The van der Waals surface area contributed by atoms with Crippen LogP contribution in [0.3, 0.4) is 0 Å². The molecule has 29 heavy (non-hydrogen) atoms. The van der Waals surface area contributed by atoms with Crippen molar-refractivity contribution in [1.29, 1.82) is 0 Å². The highest BCUT2D eigenvalue weighted by Crippen LogP contribution is 2.33. The van der Waals surface area contributed by atoms with E-state index in [2.05, 4.69) is 15.5 Å². The van der Waals surface area contributed by atoms with Crippen molar-refractivity contribution in [2.75, 3.05) is 18.5 Å². The minimum Gasteiger partial charge on any atom is -0.477 e. The third-order valence-corrected chi connectivity index (χ3v) is 4.67. The first-order valence-corrected chi connectivity index (χ1v) is 9.31. The van der Waals surface area contributed by atoms with E-state index in [0.29, 0.717) is 29.6 Å². The van der Waals surface area contributed by atoms with Crippen molar-refractivity contribution in [2.45, 2.75) is 18.9 Å². The number of fused-ring (bicyclic) bond motifs is 1. The van der Waals surface area contributed by atoms with E-state index in [1.165, 1.54) is 7.05 Å². The number of hydrogen-bond donors (Lipinski definition) is 1. The lowest BCUT2D eigenvalue weighted by atomic mass is 10.1. The second kappa shape index (κ2) is 8.14. The molecule has 0 aliphatic carbocycles. The molecule has 0 spiro atoms. The molecule has 0 bridgehead atoms. The van der Waals surface area contributed by atoms with Gasteiger partial charge in [-0.15, -0.1) is 0 Å². The summed E-state index contributed by atoms with van der Waals surface area (Å²) >= 11 is 0. The van der Waals surface area contributed by atoms with Gasteiger partial charge in [-0.25, -0.2) is 0 Å². The molecule has 1 atom stereocenters. The second-order valence-corrected chi connectivity index (χ2v) is 6.57. The van der Waals surface area contributed by atoms with Crippen molar-refractivity contribution >= 4 is 17.5 Å². The predicted molar refractivity (Wildman–Crippen MR) is 105 cm³/mol. The summed E-state index contributed by atoms with van der Waals surface area (Å²) in [6, 6.07) is 16.7. The maximum Gasteiger partial charge on any atom is 0.262 e. The van der Waals surface area contributed by atoms with Crippen LogP contribution in [0.25, 0.3) is 11.4 Å². The van der Waals surface area contributed by atoms with Crippen LogP contribution < -0.4 is 15.0 Å². The summed E-state index contributed by atoms with van der Waals surface area (Å²) < 4.78 is 11.0. The zero-order valence-electron chi connectivity index (χ0n) is 15.9. The Labute approximate surface area is 167 Å². The number of carbonyl (C=O) groups excluding carboxylic acids is 2. The maximum atomic E-state index is 12.9. The Bertz CT molecular complexity index is 1020. The molecule has 1 N–H and O–H groups in total. The molecule has 2 amide bonds. The highest BCUT2D eigenvalue weighted by Gasteiger charge is 2.33. The number of ether oxygens (including phenoxy) is 1. The summed E-state index contributed by atoms with van der Waals surface area (Å²) in [6.45, 7) is 0.147. The largest absolute Gasteiger partial charge is 0.477 e. The molecule has 2 heterocycles. The number of benzene rings is 2. The van der Waals surface area contributed by atoms with Crippen LogP contribution in [0.2, 0.25) is 0 Å². The van der Waals surface area contributed by atoms with Gasteiger partial charge >= 0.3 is 0 Å². The summed E-state index contributed by atoms with van der Waals surface area (Å²) in [5.41, 5.74) is 1.50. The number of rotatable bonds is 5. The number of amides is 2. The predicted octanol–water partition coefficient (Wildman–Crippen LogP) is 2.21. The van der Waals surface area contributed by atoms with Crippen molar-refractivity contribution in [2.24, 2.45) is 0 Å². The standard InChI is InChI=1S/C21H20N4O4/c1-22-21(27)17-13-25(15-9-5-6-10-16(15)28-17)19(26)12-11-18-23-20(24-29-18)14-7-3-2-4-8-14/h2-10,17H,11-13H2,1H3,(H,22,27)/t17-/m1/s1. The fraction of sp³-hybridized carbons (Fsp3) is 0.238. The van der Waals surface area contributed by atoms with Gasteiger partial charge in [-0.1, -0.05) is 47.6 Å². The van der Waals surface area contributed by atoms with Gasteiger partial charge < -0.3 is 19.5 Å². The Morgan fingerprint density at radius 1 is 1.14 bits per heavy atom. The molecule has 0 radical (unpaired) electrons. The average molecular weight is 392 g/mol. The van der Waals surface area contributed by atoms with Crippen LogP contribution in [0.1, 0.15) is 12.3 Å². The molecule has 1 aliphatic heterocycles. The number of hydrogen-bond acceptors (Lipinski definition) is 6. The van der Waals surface area contributed by atoms with Crippen LogP contribution in [0.4, 0.5) is 5.69 Å². The van der Waals surface area contributed by atoms with Crippen molar-refractivity contribution in [3.05, 3.63) is 60.5 Å². The number of carbonyl (C=O) groups is 2. The molecule has 0 fully saturated rings. The van der Waals surface area contributed by atoms with Crippen LogP contribution in [0.5, 0.6) is 5.75 Å². The molecule has 8 heteroatoms. The number of nitrogens with zero attached hydrogens (tertiary/aromatic N) is 3. The van der Waals surface area contributed by atoms with E-state index in [-0.39, 0.29) is 24.8 Å². The highest BCUT2D eigenvalue weighted by atomic mass is 16.5. The van der Waals surface area contributed by atoms with Crippen LogP contribution in [-0.4, -0.2) is 41.7 Å². The Balaban J connectivity index is 1.47. The van der Waals surface area contributed by atoms with Crippen molar-refractivity contribution in [3.63, 3.8) is 0 Å². The minimum absolute atomic E-state index is 0.144. The first-order chi connectivity index (χ1) is 14.2. The first-order valence-electron chi connectivity index (χ1n) is 9.31. The molecule has 0 saturated carbocycles. The summed E-state index contributed by atoms with van der Waals surface area (Å²) in [6.07, 6.45) is -0.277. The smallest absolute Gasteiger partial charge is 0.262 e. The zero-order chi connectivity index (χ0) is 20.2. The average Bonchev–Trinajstić information content (AvgIpc) is 3.26. The van der Waals surface area contributed by atoms with Gasteiger partial charge in [0.05, 0.1) is 12.2 Å². The Morgan fingerprint density at radius 2 is 1.90 bits per heavy atom. The van der Waals surface area contributed by atoms with E-state index >= 15 is 0 Å². The van der Waals surface area contributed by atoms with Crippen molar-refractivity contribution < 1.29 is 18.8 Å². The molecule has 0 saturated heterocycles. The monoisotopic (exact) mass is 392 g/mol. The normalized spacial score (nSPS) is 15.3. The lowest BCUT2D eigenvalue weighted by Crippen LogP contribution is -2.50. The number of aryl methyl sites for hydroxylation is 1. The van der Waals surface area contributed by atoms with Gasteiger partial charge in [-0.2, -0.15) is 4.98 Å². The fourth-order valence-corrected chi connectivity index (χ4v) is 3.18. The van der Waals surface area contributed by atoms with Gasteiger partial charge in [-0.3, -0.25) is 9.59 Å². The molecule has 148 valence electrons. The van der Waals surface area contributed by atoms with Crippen LogP contribution >= 0.6 is 0 Å². The molecule has 8 nitrogen and oxygen atoms in total. The minimum atomic E-state index is -0.757.